The van der Waals surface area contributed by atoms with E-state index < -0.39 is 5.60 Å². The molecule has 0 bridgehead atoms. The van der Waals surface area contributed by atoms with Gasteiger partial charge in [-0.25, -0.2) is 9.07 Å². The van der Waals surface area contributed by atoms with E-state index in [0.29, 0.717) is 47.8 Å². The number of rotatable bonds is 4. The third kappa shape index (κ3) is 3.31. The third-order valence-corrected chi connectivity index (χ3v) is 5.29. The standard InChI is InChI=1S/C20H22FN5O3/c1-4-16-22-19(29-24-16)20(28)9-10-25(11-20)18(27)17-12(2)23-26(13(17)3)15-7-5-14(21)6-8-15/h5-8,28H,4,9-11H2,1-3H3. The number of halogens is 1. The zero-order valence-electron chi connectivity index (χ0n) is 16.5. The van der Waals surface area contributed by atoms with E-state index >= 15 is 0 Å². The lowest BCUT2D eigenvalue weighted by Gasteiger charge is -2.20. The van der Waals surface area contributed by atoms with Gasteiger partial charge in [-0.2, -0.15) is 10.1 Å². The topological polar surface area (TPSA) is 97.3 Å². The van der Waals surface area contributed by atoms with Crippen molar-refractivity contribution in [1.82, 2.24) is 24.8 Å². The molecule has 2 aromatic heterocycles. The minimum Gasteiger partial charge on any atom is -0.378 e. The molecule has 3 aromatic rings. The van der Waals surface area contributed by atoms with Crippen LogP contribution in [0.15, 0.2) is 28.8 Å². The molecule has 1 saturated heterocycles. The highest BCUT2D eigenvalue weighted by Crippen LogP contribution is 2.32. The first-order valence-electron chi connectivity index (χ1n) is 9.49. The maximum Gasteiger partial charge on any atom is 0.260 e. The lowest BCUT2D eigenvalue weighted by Crippen LogP contribution is -2.35. The highest BCUT2D eigenvalue weighted by atomic mass is 19.1. The van der Waals surface area contributed by atoms with Gasteiger partial charge in [0.05, 0.1) is 29.2 Å². The number of aliphatic hydroxyl groups is 1. The number of benzene rings is 1. The molecule has 0 aliphatic carbocycles. The number of hydrogen-bond donors (Lipinski definition) is 1. The first-order chi connectivity index (χ1) is 13.8. The number of carbonyl (C=O) groups is 1. The predicted molar refractivity (Wildman–Crippen MR) is 101 cm³/mol. The van der Waals surface area contributed by atoms with E-state index in [9.17, 15) is 14.3 Å². The van der Waals surface area contributed by atoms with Gasteiger partial charge in [-0.05, 0) is 38.1 Å². The Hall–Kier alpha value is -3.07. The third-order valence-electron chi connectivity index (χ3n) is 5.29. The van der Waals surface area contributed by atoms with Crippen LogP contribution in [0.3, 0.4) is 0 Å². The highest BCUT2D eigenvalue weighted by molar-refractivity contribution is 5.96. The molecule has 1 N–H and O–H groups in total. The second kappa shape index (κ2) is 7.07. The summed E-state index contributed by atoms with van der Waals surface area (Å²) in [5.41, 5.74) is 1.00. The summed E-state index contributed by atoms with van der Waals surface area (Å²) in [4.78, 5) is 19.0. The minimum absolute atomic E-state index is 0.0673. The molecule has 9 heteroatoms. The monoisotopic (exact) mass is 399 g/mol. The molecular weight excluding hydrogens is 377 g/mol. The molecule has 152 valence electrons. The van der Waals surface area contributed by atoms with Crippen LogP contribution >= 0.6 is 0 Å². The average molecular weight is 399 g/mol. The van der Waals surface area contributed by atoms with Gasteiger partial charge in [0.1, 0.15) is 5.82 Å². The van der Waals surface area contributed by atoms with Crippen LogP contribution < -0.4 is 0 Å². The summed E-state index contributed by atoms with van der Waals surface area (Å²) in [6, 6.07) is 5.92. The fourth-order valence-electron chi connectivity index (χ4n) is 3.67. The number of carbonyl (C=O) groups excluding carboxylic acids is 1. The molecule has 1 unspecified atom stereocenters. The van der Waals surface area contributed by atoms with Gasteiger partial charge in [-0.1, -0.05) is 12.1 Å². The molecule has 1 aliphatic rings. The lowest BCUT2D eigenvalue weighted by atomic mass is 10.0. The van der Waals surface area contributed by atoms with Crippen molar-refractivity contribution in [2.75, 3.05) is 13.1 Å². The Bertz CT molecular complexity index is 1060. The van der Waals surface area contributed by atoms with Crippen molar-refractivity contribution in [3.8, 4) is 5.69 Å². The van der Waals surface area contributed by atoms with Gasteiger partial charge in [0.15, 0.2) is 11.4 Å². The molecule has 0 radical (unpaired) electrons. The van der Waals surface area contributed by atoms with Crippen LogP contribution in [0, 0.1) is 19.7 Å². The summed E-state index contributed by atoms with van der Waals surface area (Å²) in [7, 11) is 0. The van der Waals surface area contributed by atoms with Gasteiger partial charge >= 0.3 is 0 Å². The Morgan fingerprint density at radius 2 is 2.03 bits per heavy atom. The number of likely N-dealkylation sites (tertiary alicyclic amines) is 1. The van der Waals surface area contributed by atoms with Crippen LogP contribution in [0.2, 0.25) is 0 Å². The zero-order valence-corrected chi connectivity index (χ0v) is 16.5. The van der Waals surface area contributed by atoms with Crippen LogP contribution in [0.1, 0.15) is 46.8 Å². The quantitative estimate of drug-likeness (QED) is 0.723. The van der Waals surface area contributed by atoms with E-state index in [1.807, 2.05) is 6.92 Å². The average Bonchev–Trinajstić information content (AvgIpc) is 3.40. The van der Waals surface area contributed by atoms with Gasteiger partial charge in [-0.15, -0.1) is 0 Å². The summed E-state index contributed by atoms with van der Waals surface area (Å²) in [6.07, 6.45) is 0.914. The van der Waals surface area contributed by atoms with Gasteiger partial charge in [-0.3, -0.25) is 4.79 Å². The van der Waals surface area contributed by atoms with Crippen LogP contribution in [0.25, 0.3) is 5.69 Å². The van der Waals surface area contributed by atoms with E-state index in [1.165, 1.54) is 12.1 Å². The second-order valence-corrected chi connectivity index (χ2v) is 7.31. The molecule has 1 atom stereocenters. The molecule has 4 rings (SSSR count). The van der Waals surface area contributed by atoms with Crippen molar-refractivity contribution in [2.45, 2.75) is 39.2 Å². The maximum absolute atomic E-state index is 13.2. The summed E-state index contributed by atoms with van der Waals surface area (Å²) in [6.45, 7) is 5.88. The fourth-order valence-corrected chi connectivity index (χ4v) is 3.67. The maximum atomic E-state index is 13.2. The molecule has 1 amide bonds. The Balaban J connectivity index is 1.60. The van der Waals surface area contributed by atoms with Gasteiger partial charge in [0, 0.05) is 19.4 Å². The molecule has 29 heavy (non-hydrogen) atoms. The summed E-state index contributed by atoms with van der Waals surface area (Å²) < 4.78 is 20.0. The number of β-amino-alcohol motifs (C(OH)–C–C–N with tert-alkyl or cyclic N) is 1. The molecule has 0 spiro atoms. The first kappa shape index (κ1) is 19.3. The number of hydrogen-bond acceptors (Lipinski definition) is 6. The van der Waals surface area contributed by atoms with E-state index in [2.05, 4.69) is 15.2 Å². The predicted octanol–water partition coefficient (Wildman–Crippen LogP) is 2.31. The minimum atomic E-state index is -1.36. The van der Waals surface area contributed by atoms with E-state index in [4.69, 9.17) is 4.52 Å². The smallest absolute Gasteiger partial charge is 0.260 e. The van der Waals surface area contributed by atoms with Crippen LogP contribution in [0.4, 0.5) is 4.39 Å². The van der Waals surface area contributed by atoms with Gasteiger partial charge < -0.3 is 14.5 Å². The van der Waals surface area contributed by atoms with Crippen molar-refractivity contribution < 1.29 is 18.8 Å². The van der Waals surface area contributed by atoms with E-state index in [1.54, 1.807) is 35.6 Å². The molecule has 1 aliphatic heterocycles. The normalized spacial score (nSPS) is 19.1. The lowest BCUT2D eigenvalue weighted by molar-refractivity contribution is 0.0136. The largest absolute Gasteiger partial charge is 0.378 e. The van der Waals surface area contributed by atoms with Crippen molar-refractivity contribution in [1.29, 1.82) is 0 Å². The van der Waals surface area contributed by atoms with Crippen LogP contribution in [-0.2, 0) is 12.0 Å². The van der Waals surface area contributed by atoms with Crippen molar-refractivity contribution in [3.05, 3.63) is 58.7 Å². The van der Waals surface area contributed by atoms with Crippen molar-refractivity contribution in [2.24, 2.45) is 0 Å². The van der Waals surface area contributed by atoms with Gasteiger partial charge in [0.2, 0.25) is 0 Å². The van der Waals surface area contributed by atoms with Crippen molar-refractivity contribution in [3.63, 3.8) is 0 Å². The van der Waals surface area contributed by atoms with Crippen LogP contribution in [-0.4, -0.2) is 48.9 Å². The molecular formula is C20H22FN5O3. The molecule has 1 fully saturated rings. The summed E-state index contributed by atoms with van der Waals surface area (Å²) in [5, 5.41) is 19.2. The number of amides is 1. The van der Waals surface area contributed by atoms with Crippen LogP contribution in [0.5, 0.6) is 0 Å². The van der Waals surface area contributed by atoms with E-state index in [0.717, 1.165) is 0 Å². The summed E-state index contributed by atoms with van der Waals surface area (Å²) >= 11 is 0. The molecule has 8 nitrogen and oxygen atoms in total. The Labute approximate surface area is 166 Å². The molecule has 3 heterocycles. The van der Waals surface area contributed by atoms with Crippen molar-refractivity contribution >= 4 is 5.91 Å². The number of aryl methyl sites for hydroxylation is 2. The highest BCUT2D eigenvalue weighted by Gasteiger charge is 2.45. The van der Waals surface area contributed by atoms with E-state index in [-0.39, 0.29) is 24.2 Å². The molecule has 1 aromatic carbocycles. The Kier molecular flexibility index (Phi) is 4.70. The first-order valence-corrected chi connectivity index (χ1v) is 9.49. The molecule has 0 saturated carbocycles. The zero-order chi connectivity index (χ0) is 20.8. The SMILES string of the molecule is CCc1noc(C2(O)CCN(C(=O)c3c(C)nn(-c4ccc(F)cc4)c3C)C2)n1. The number of aromatic nitrogens is 4. The summed E-state index contributed by atoms with van der Waals surface area (Å²) in [5.74, 6) is 0.0975. The Morgan fingerprint density at radius 1 is 1.31 bits per heavy atom. The van der Waals surface area contributed by atoms with Gasteiger partial charge in [0.25, 0.3) is 11.8 Å². The Morgan fingerprint density at radius 3 is 2.69 bits per heavy atom. The number of nitrogens with zero attached hydrogens (tertiary/aromatic N) is 5. The fraction of sp³-hybridized carbons (Fsp3) is 0.400. The second-order valence-electron chi connectivity index (χ2n) is 7.31.